The molecule has 0 aliphatic heterocycles. The fourth-order valence-electron chi connectivity index (χ4n) is 1.31. The van der Waals surface area contributed by atoms with Crippen LogP contribution in [0.5, 0.6) is 0 Å². The summed E-state index contributed by atoms with van der Waals surface area (Å²) in [5.74, 6) is -2.04. The van der Waals surface area contributed by atoms with Crippen LogP contribution in [0.3, 0.4) is 0 Å². The largest absolute Gasteiger partial charge is 0.480 e. The summed E-state index contributed by atoms with van der Waals surface area (Å²) in [7, 11) is 0. The van der Waals surface area contributed by atoms with Crippen molar-refractivity contribution in [1.29, 1.82) is 0 Å². The smallest absolute Gasteiger partial charge is 0.335 e. The lowest BCUT2D eigenvalue weighted by Gasteiger charge is -2.06. The molecule has 1 rings (SSSR count). The van der Waals surface area contributed by atoms with Gasteiger partial charge >= 0.3 is 11.9 Å². The first-order valence-electron chi connectivity index (χ1n) is 4.81. The molecule has 1 unspecified atom stereocenters. The molecule has 5 heteroatoms. The number of rotatable bonds is 5. The Morgan fingerprint density at radius 3 is 2.56 bits per heavy atom. The molecule has 1 atom stereocenters. The Bertz CT molecular complexity index is 403. The SMILES string of the molecule is NC(CCc1cccc(C(=O)O)c1)C(=O)O. The summed E-state index contributed by atoms with van der Waals surface area (Å²) in [6, 6.07) is 5.49. The number of hydrogen-bond donors (Lipinski definition) is 3. The Morgan fingerprint density at radius 1 is 1.31 bits per heavy atom. The summed E-state index contributed by atoms with van der Waals surface area (Å²) in [6.07, 6.45) is 0.743. The van der Waals surface area contributed by atoms with E-state index in [4.69, 9.17) is 15.9 Å². The summed E-state index contributed by atoms with van der Waals surface area (Å²) in [4.78, 5) is 21.2. The van der Waals surface area contributed by atoms with Crippen LogP contribution >= 0.6 is 0 Å². The lowest BCUT2D eigenvalue weighted by Crippen LogP contribution is -2.30. The average Bonchev–Trinajstić information content (AvgIpc) is 2.26. The van der Waals surface area contributed by atoms with E-state index in [1.54, 1.807) is 12.1 Å². The van der Waals surface area contributed by atoms with Crippen LogP contribution in [-0.4, -0.2) is 28.2 Å². The summed E-state index contributed by atoms with van der Waals surface area (Å²) in [5.41, 5.74) is 6.32. The first-order chi connectivity index (χ1) is 7.50. The van der Waals surface area contributed by atoms with Crippen LogP contribution in [-0.2, 0) is 11.2 Å². The van der Waals surface area contributed by atoms with Crippen molar-refractivity contribution < 1.29 is 19.8 Å². The summed E-state index contributed by atoms with van der Waals surface area (Å²) in [6.45, 7) is 0. The van der Waals surface area contributed by atoms with E-state index in [0.29, 0.717) is 12.8 Å². The fraction of sp³-hybridized carbons (Fsp3) is 0.273. The van der Waals surface area contributed by atoms with Gasteiger partial charge in [-0.25, -0.2) is 4.79 Å². The second kappa shape index (κ2) is 5.27. The topological polar surface area (TPSA) is 101 Å². The molecule has 0 aliphatic carbocycles. The van der Waals surface area contributed by atoms with Crippen LogP contribution in [0.2, 0.25) is 0 Å². The monoisotopic (exact) mass is 223 g/mol. The van der Waals surface area contributed by atoms with Crippen molar-refractivity contribution in [2.45, 2.75) is 18.9 Å². The molecule has 0 saturated heterocycles. The minimum atomic E-state index is -1.05. The van der Waals surface area contributed by atoms with E-state index in [-0.39, 0.29) is 5.56 Å². The predicted molar refractivity (Wildman–Crippen MR) is 57.3 cm³/mol. The minimum absolute atomic E-state index is 0.196. The van der Waals surface area contributed by atoms with Gasteiger partial charge in [0.2, 0.25) is 0 Å². The Morgan fingerprint density at radius 2 is 2.00 bits per heavy atom. The summed E-state index contributed by atoms with van der Waals surface area (Å²) < 4.78 is 0. The molecule has 0 spiro atoms. The van der Waals surface area contributed by atoms with E-state index < -0.39 is 18.0 Å². The first-order valence-corrected chi connectivity index (χ1v) is 4.81. The second-order valence-electron chi connectivity index (χ2n) is 3.49. The number of hydrogen-bond acceptors (Lipinski definition) is 3. The van der Waals surface area contributed by atoms with Gasteiger partial charge in [-0.15, -0.1) is 0 Å². The van der Waals surface area contributed by atoms with E-state index in [1.807, 2.05) is 0 Å². The fourth-order valence-corrected chi connectivity index (χ4v) is 1.31. The van der Waals surface area contributed by atoms with Crippen molar-refractivity contribution in [3.63, 3.8) is 0 Å². The molecule has 16 heavy (non-hydrogen) atoms. The maximum Gasteiger partial charge on any atom is 0.335 e. The predicted octanol–water partition coefficient (Wildman–Crippen LogP) is 0.729. The lowest BCUT2D eigenvalue weighted by atomic mass is 10.0. The number of aliphatic carboxylic acids is 1. The maximum atomic E-state index is 10.7. The van der Waals surface area contributed by atoms with Crippen LogP contribution in [0.1, 0.15) is 22.3 Å². The zero-order valence-electron chi connectivity index (χ0n) is 8.59. The zero-order chi connectivity index (χ0) is 12.1. The molecule has 5 nitrogen and oxygen atoms in total. The minimum Gasteiger partial charge on any atom is -0.480 e. The molecule has 0 amide bonds. The van der Waals surface area contributed by atoms with Crippen molar-refractivity contribution in [3.05, 3.63) is 35.4 Å². The van der Waals surface area contributed by atoms with Gasteiger partial charge in [0.1, 0.15) is 6.04 Å². The molecule has 0 saturated carbocycles. The molecule has 0 radical (unpaired) electrons. The highest BCUT2D eigenvalue weighted by molar-refractivity contribution is 5.87. The summed E-state index contributed by atoms with van der Waals surface area (Å²) >= 11 is 0. The van der Waals surface area contributed by atoms with Crippen molar-refractivity contribution in [3.8, 4) is 0 Å². The standard InChI is InChI=1S/C11H13NO4/c12-9(11(15)16)5-4-7-2-1-3-8(6-7)10(13)14/h1-3,6,9H,4-5,12H2,(H,13,14)(H,15,16). The van der Waals surface area contributed by atoms with Crippen molar-refractivity contribution in [2.24, 2.45) is 5.73 Å². The zero-order valence-corrected chi connectivity index (χ0v) is 8.59. The van der Waals surface area contributed by atoms with Gasteiger partial charge in [0, 0.05) is 0 Å². The average molecular weight is 223 g/mol. The van der Waals surface area contributed by atoms with E-state index in [2.05, 4.69) is 0 Å². The van der Waals surface area contributed by atoms with Gasteiger partial charge in [-0.2, -0.15) is 0 Å². The van der Waals surface area contributed by atoms with Gasteiger partial charge in [-0.3, -0.25) is 4.79 Å². The third-order valence-corrected chi connectivity index (χ3v) is 2.24. The molecule has 1 aromatic carbocycles. The Hall–Kier alpha value is -1.88. The molecule has 86 valence electrons. The highest BCUT2D eigenvalue weighted by Crippen LogP contribution is 2.08. The van der Waals surface area contributed by atoms with Crippen LogP contribution < -0.4 is 5.73 Å². The number of nitrogens with two attached hydrogens (primary N) is 1. The van der Waals surface area contributed by atoms with Crippen LogP contribution in [0.25, 0.3) is 0 Å². The maximum absolute atomic E-state index is 10.7. The quantitative estimate of drug-likeness (QED) is 0.683. The number of aryl methyl sites for hydroxylation is 1. The molecule has 0 aliphatic rings. The molecule has 0 bridgehead atoms. The van der Waals surface area contributed by atoms with Crippen molar-refractivity contribution in [1.82, 2.24) is 0 Å². The van der Waals surface area contributed by atoms with Gasteiger partial charge in [-0.1, -0.05) is 12.1 Å². The first kappa shape index (κ1) is 12.2. The Balaban J connectivity index is 2.64. The van der Waals surface area contributed by atoms with Crippen LogP contribution in [0, 0.1) is 0 Å². The third-order valence-electron chi connectivity index (χ3n) is 2.24. The van der Waals surface area contributed by atoms with E-state index in [9.17, 15) is 9.59 Å². The van der Waals surface area contributed by atoms with E-state index >= 15 is 0 Å². The normalized spacial score (nSPS) is 12.1. The third kappa shape index (κ3) is 3.36. The molecule has 1 aromatic rings. The van der Waals surface area contributed by atoms with Gasteiger partial charge in [0.25, 0.3) is 0 Å². The molecule has 0 aromatic heterocycles. The molecular weight excluding hydrogens is 210 g/mol. The second-order valence-corrected chi connectivity index (χ2v) is 3.49. The highest BCUT2D eigenvalue weighted by atomic mass is 16.4. The Kier molecular flexibility index (Phi) is 4.02. The van der Waals surface area contributed by atoms with Gasteiger partial charge < -0.3 is 15.9 Å². The number of carbonyl (C=O) groups is 2. The lowest BCUT2D eigenvalue weighted by molar-refractivity contribution is -0.138. The molecule has 0 fully saturated rings. The Labute approximate surface area is 92.5 Å². The highest BCUT2D eigenvalue weighted by Gasteiger charge is 2.11. The number of aromatic carboxylic acids is 1. The van der Waals surface area contributed by atoms with Gasteiger partial charge in [-0.05, 0) is 30.5 Å². The number of benzene rings is 1. The molecule has 0 heterocycles. The molecule has 4 N–H and O–H groups in total. The van der Waals surface area contributed by atoms with E-state index in [1.165, 1.54) is 12.1 Å². The van der Waals surface area contributed by atoms with Gasteiger partial charge in [0.15, 0.2) is 0 Å². The van der Waals surface area contributed by atoms with Crippen LogP contribution in [0.15, 0.2) is 24.3 Å². The van der Waals surface area contributed by atoms with Crippen molar-refractivity contribution >= 4 is 11.9 Å². The van der Waals surface area contributed by atoms with Crippen LogP contribution in [0.4, 0.5) is 0 Å². The molecular formula is C11H13NO4. The summed E-state index contributed by atoms with van der Waals surface area (Å²) in [5, 5.41) is 17.3. The number of carboxylic acids is 2. The van der Waals surface area contributed by atoms with E-state index in [0.717, 1.165) is 5.56 Å². The van der Waals surface area contributed by atoms with Crippen molar-refractivity contribution in [2.75, 3.05) is 0 Å². The van der Waals surface area contributed by atoms with Gasteiger partial charge in [0.05, 0.1) is 5.56 Å². The number of carboxylic acid groups (broad SMARTS) is 2.